The average Bonchev–Trinajstić information content (AvgIpc) is 2.56. The summed E-state index contributed by atoms with van der Waals surface area (Å²) in [6.07, 6.45) is -8.98. The van der Waals surface area contributed by atoms with Gasteiger partial charge in [0.15, 0.2) is 0 Å². The predicted molar refractivity (Wildman–Crippen MR) is 81.9 cm³/mol. The van der Waals surface area contributed by atoms with E-state index in [9.17, 15) is 26.3 Å². The van der Waals surface area contributed by atoms with E-state index in [-0.39, 0.29) is 0 Å². The summed E-state index contributed by atoms with van der Waals surface area (Å²) in [4.78, 5) is 0. The van der Waals surface area contributed by atoms with Crippen molar-refractivity contribution in [3.63, 3.8) is 0 Å². The van der Waals surface area contributed by atoms with Gasteiger partial charge in [-0.1, -0.05) is 24.3 Å². The highest BCUT2D eigenvalue weighted by molar-refractivity contribution is 6.92. The molecule has 0 spiro atoms. The largest absolute Gasteiger partial charge is 0.416 e. The molecule has 0 heterocycles. The summed E-state index contributed by atoms with van der Waals surface area (Å²) >= 11 is 0. The number of hydrogen-bond donors (Lipinski definition) is 0. The number of rotatable bonds is 4. The van der Waals surface area contributed by atoms with Crippen LogP contribution in [0.4, 0.5) is 26.3 Å². The van der Waals surface area contributed by atoms with Crippen molar-refractivity contribution < 1.29 is 35.2 Å². The van der Waals surface area contributed by atoms with E-state index in [1.54, 1.807) is 0 Å². The van der Waals surface area contributed by atoms with Crippen LogP contribution >= 0.6 is 0 Å². The van der Waals surface area contributed by atoms with Crippen LogP contribution in [0.1, 0.15) is 11.1 Å². The van der Waals surface area contributed by atoms with Crippen LogP contribution in [-0.2, 0) is 21.2 Å². The quantitative estimate of drug-likeness (QED) is 0.596. The van der Waals surface area contributed by atoms with Crippen LogP contribution < -0.4 is 10.4 Å². The van der Waals surface area contributed by atoms with Crippen LogP contribution in [0.25, 0.3) is 0 Å². The highest BCUT2D eigenvalue weighted by atomic mass is 28.4. The molecule has 0 aliphatic rings. The van der Waals surface area contributed by atoms with Crippen LogP contribution in [0.5, 0.6) is 0 Å². The minimum atomic E-state index is -4.49. The molecule has 0 aromatic heterocycles. The minimum Gasteiger partial charge on any atom is -0.391 e. The van der Waals surface area contributed by atoms with E-state index in [1.165, 1.54) is 38.5 Å². The minimum absolute atomic E-state index is 0.352. The third-order valence-electron chi connectivity index (χ3n) is 3.76. The van der Waals surface area contributed by atoms with Crippen molar-refractivity contribution in [2.75, 3.05) is 14.2 Å². The molecule has 0 atom stereocenters. The van der Waals surface area contributed by atoms with Gasteiger partial charge >= 0.3 is 20.9 Å². The molecule has 9 heteroatoms. The Kier molecular flexibility index (Phi) is 5.31. The van der Waals surface area contributed by atoms with Crippen LogP contribution in [0.2, 0.25) is 0 Å². The molecule has 0 fully saturated rings. The zero-order valence-corrected chi connectivity index (χ0v) is 14.2. The fourth-order valence-corrected chi connectivity index (χ4v) is 5.13. The van der Waals surface area contributed by atoms with Crippen molar-refractivity contribution in [1.29, 1.82) is 0 Å². The van der Waals surface area contributed by atoms with Crippen molar-refractivity contribution in [2.45, 2.75) is 12.4 Å². The number of halogens is 6. The maximum atomic E-state index is 12.7. The molecule has 0 radical (unpaired) electrons. The first-order valence-corrected chi connectivity index (χ1v) is 8.82. The fraction of sp³-hybridized carbons (Fsp3) is 0.250. The van der Waals surface area contributed by atoms with Crippen molar-refractivity contribution in [3.05, 3.63) is 59.7 Å². The van der Waals surface area contributed by atoms with E-state index in [2.05, 4.69) is 0 Å². The van der Waals surface area contributed by atoms with Crippen molar-refractivity contribution in [3.8, 4) is 0 Å². The Labute approximate surface area is 141 Å². The van der Waals surface area contributed by atoms with Gasteiger partial charge in [0.25, 0.3) is 0 Å². The third kappa shape index (κ3) is 3.88. The van der Waals surface area contributed by atoms with Gasteiger partial charge in [-0.25, -0.2) is 0 Å². The van der Waals surface area contributed by atoms with Crippen molar-refractivity contribution in [2.24, 2.45) is 0 Å². The average molecular weight is 380 g/mol. The maximum Gasteiger partial charge on any atom is 0.416 e. The van der Waals surface area contributed by atoms with Gasteiger partial charge in [-0.2, -0.15) is 26.3 Å². The van der Waals surface area contributed by atoms with Gasteiger partial charge in [0.2, 0.25) is 0 Å². The Morgan fingerprint density at radius 2 is 0.880 bits per heavy atom. The molecule has 2 rings (SSSR count). The van der Waals surface area contributed by atoms with Crippen molar-refractivity contribution >= 4 is 18.9 Å². The van der Waals surface area contributed by atoms with Gasteiger partial charge < -0.3 is 8.85 Å². The second-order valence-electron chi connectivity index (χ2n) is 5.18. The monoisotopic (exact) mass is 380 g/mol. The Morgan fingerprint density at radius 1 is 0.600 bits per heavy atom. The molecule has 0 aliphatic carbocycles. The van der Waals surface area contributed by atoms with E-state index >= 15 is 0 Å². The molecule has 2 aromatic rings. The molecular formula is C16H14F6O2Si. The van der Waals surface area contributed by atoms with E-state index in [1.807, 2.05) is 0 Å². The van der Waals surface area contributed by atoms with Crippen molar-refractivity contribution in [1.82, 2.24) is 0 Å². The SMILES string of the molecule is CO[Si](OC)(c1ccc(C(F)(F)F)cc1)c1ccc(C(F)(F)F)cc1. The molecule has 0 N–H and O–H groups in total. The molecule has 2 nitrogen and oxygen atoms in total. The summed E-state index contributed by atoms with van der Waals surface area (Å²) in [5, 5.41) is 0.704. The lowest BCUT2D eigenvalue weighted by atomic mass is 10.2. The lowest BCUT2D eigenvalue weighted by molar-refractivity contribution is -0.138. The molecule has 0 unspecified atom stereocenters. The molecule has 25 heavy (non-hydrogen) atoms. The van der Waals surface area contributed by atoms with Gasteiger partial charge in [-0.05, 0) is 34.6 Å². The van der Waals surface area contributed by atoms with Crippen LogP contribution in [-0.4, -0.2) is 22.8 Å². The van der Waals surface area contributed by atoms with Gasteiger partial charge in [-0.15, -0.1) is 0 Å². The number of alkyl halides is 6. The van der Waals surface area contributed by atoms with Crippen LogP contribution in [0.3, 0.4) is 0 Å². The van der Waals surface area contributed by atoms with E-state index in [0.29, 0.717) is 10.4 Å². The van der Waals surface area contributed by atoms with Gasteiger partial charge in [0, 0.05) is 14.2 Å². The highest BCUT2D eigenvalue weighted by Gasteiger charge is 2.42. The predicted octanol–water partition coefficient (Wildman–Crippen LogP) is 3.57. The second-order valence-corrected chi connectivity index (χ2v) is 8.38. The topological polar surface area (TPSA) is 18.5 Å². The smallest absolute Gasteiger partial charge is 0.391 e. The lowest BCUT2D eigenvalue weighted by Crippen LogP contribution is -2.62. The molecule has 136 valence electrons. The van der Waals surface area contributed by atoms with Gasteiger partial charge in [-0.3, -0.25) is 0 Å². The maximum absolute atomic E-state index is 12.7. The zero-order chi connectivity index (χ0) is 18.9. The third-order valence-corrected chi connectivity index (χ3v) is 7.10. The molecule has 0 aliphatic heterocycles. The van der Waals surface area contributed by atoms with E-state index in [0.717, 1.165) is 24.3 Å². The standard InChI is InChI=1S/C16H14F6O2Si/c1-23-25(24-2,13-7-3-11(4-8-13)15(17,18)19)14-9-5-12(6-10-14)16(20,21)22/h3-10H,1-2H3. The Bertz CT molecular complexity index is 644. The first kappa shape index (κ1) is 19.5. The summed E-state index contributed by atoms with van der Waals surface area (Å²) in [5.74, 6) is 0. The van der Waals surface area contributed by atoms with Crippen LogP contribution in [0, 0.1) is 0 Å². The fourth-order valence-electron chi connectivity index (χ4n) is 2.48. The Morgan fingerprint density at radius 3 is 1.08 bits per heavy atom. The van der Waals surface area contributed by atoms with Crippen LogP contribution in [0.15, 0.2) is 48.5 Å². The first-order chi connectivity index (χ1) is 11.5. The molecule has 2 aromatic carbocycles. The molecule has 0 saturated carbocycles. The lowest BCUT2D eigenvalue weighted by Gasteiger charge is -2.28. The normalized spacial score (nSPS) is 13.1. The van der Waals surface area contributed by atoms with Gasteiger partial charge in [0.1, 0.15) is 0 Å². The summed E-state index contributed by atoms with van der Waals surface area (Å²) in [6.45, 7) is 0. The number of benzene rings is 2. The first-order valence-electron chi connectivity index (χ1n) is 7.00. The summed E-state index contributed by atoms with van der Waals surface area (Å²) in [7, 11) is -0.773. The molecular weight excluding hydrogens is 366 g/mol. The molecule has 0 bridgehead atoms. The Hall–Kier alpha value is -1.84. The Balaban J connectivity index is 2.48. The molecule has 0 amide bonds. The van der Waals surface area contributed by atoms with E-state index < -0.39 is 32.0 Å². The second kappa shape index (κ2) is 6.81. The summed E-state index contributed by atoms with van der Waals surface area (Å²) < 4.78 is 87.1. The molecule has 0 saturated heterocycles. The summed E-state index contributed by atoms with van der Waals surface area (Å²) in [6, 6.07) is 8.44. The van der Waals surface area contributed by atoms with E-state index in [4.69, 9.17) is 8.85 Å². The highest BCUT2D eigenvalue weighted by Crippen LogP contribution is 2.29. The zero-order valence-electron chi connectivity index (χ0n) is 13.2. The number of hydrogen-bond acceptors (Lipinski definition) is 2. The summed E-state index contributed by atoms with van der Waals surface area (Å²) in [5.41, 5.74) is -1.67. The van der Waals surface area contributed by atoms with Gasteiger partial charge in [0.05, 0.1) is 11.1 Å².